The van der Waals surface area contributed by atoms with Crippen molar-refractivity contribution in [3.63, 3.8) is 0 Å². The predicted octanol–water partition coefficient (Wildman–Crippen LogP) is 2.55. The van der Waals surface area contributed by atoms with Gasteiger partial charge in [0.25, 0.3) is 0 Å². The molecule has 0 aromatic heterocycles. The summed E-state index contributed by atoms with van der Waals surface area (Å²) in [6, 6.07) is 3.03. The summed E-state index contributed by atoms with van der Waals surface area (Å²) in [5.74, 6) is 0.935. The number of ether oxygens (including phenoxy) is 2. The van der Waals surface area contributed by atoms with Crippen molar-refractivity contribution >= 4 is 0 Å². The number of benzene rings is 1. The van der Waals surface area contributed by atoms with E-state index in [0.29, 0.717) is 18.6 Å². The molecule has 26 heavy (non-hydrogen) atoms. The SMILES string of the molecule is COc1ccc2c(c1O)C13CC(C[C@@H](OC)[C@H](N=O)C1)C3C([N+](C)=O)C2. The van der Waals surface area contributed by atoms with E-state index in [4.69, 9.17) is 9.47 Å². The van der Waals surface area contributed by atoms with Crippen molar-refractivity contribution in [3.8, 4) is 11.5 Å². The van der Waals surface area contributed by atoms with Gasteiger partial charge in [-0.3, -0.25) is 0 Å². The van der Waals surface area contributed by atoms with E-state index in [-0.39, 0.29) is 29.7 Å². The van der Waals surface area contributed by atoms with Crippen molar-refractivity contribution in [2.45, 2.75) is 49.3 Å². The van der Waals surface area contributed by atoms with E-state index >= 15 is 0 Å². The van der Waals surface area contributed by atoms with E-state index < -0.39 is 11.5 Å². The summed E-state index contributed by atoms with van der Waals surface area (Å²) in [5.41, 5.74) is 1.39. The van der Waals surface area contributed by atoms with E-state index in [1.165, 1.54) is 7.11 Å². The van der Waals surface area contributed by atoms with Gasteiger partial charge in [-0.1, -0.05) is 11.2 Å². The Morgan fingerprint density at radius 2 is 2.08 bits per heavy atom. The Labute approximate surface area is 152 Å². The van der Waals surface area contributed by atoms with Crippen LogP contribution in [0.25, 0.3) is 0 Å². The summed E-state index contributed by atoms with van der Waals surface area (Å²) in [5, 5.41) is 14.3. The van der Waals surface area contributed by atoms with Gasteiger partial charge in [0.05, 0.1) is 13.2 Å². The van der Waals surface area contributed by atoms with Gasteiger partial charge in [-0.05, 0) is 41.6 Å². The van der Waals surface area contributed by atoms with Crippen molar-refractivity contribution in [1.82, 2.24) is 0 Å². The molecule has 2 fully saturated rings. The Kier molecular flexibility index (Phi) is 4.02. The average molecular weight is 361 g/mol. The number of hydrogen-bond donors (Lipinski definition) is 1. The number of phenols is 1. The summed E-state index contributed by atoms with van der Waals surface area (Å²) in [4.78, 5) is 23.9. The van der Waals surface area contributed by atoms with Gasteiger partial charge in [-0.25, -0.2) is 0 Å². The monoisotopic (exact) mass is 361 g/mol. The van der Waals surface area contributed by atoms with Crippen molar-refractivity contribution < 1.29 is 19.3 Å². The number of rotatable bonds is 4. The van der Waals surface area contributed by atoms with E-state index in [1.54, 1.807) is 20.2 Å². The quantitative estimate of drug-likeness (QED) is 0.658. The Balaban J connectivity index is 1.90. The normalized spacial score (nSPS) is 37.6. The molecular formula is C19H25N2O5+. The van der Waals surface area contributed by atoms with Crippen LogP contribution in [0.4, 0.5) is 0 Å². The molecule has 6 atom stereocenters. The van der Waals surface area contributed by atoms with Crippen LogP contribution in [0, 0.1) is 21.6 Å². The van der Waals surface area contributed by atoms with Crippen LogP contribution in [0.1, 0.15) is 30.4 Å². The summed E-state index contributed by atoms with van der Waals surface area (Å²) in [7, 11) is 4.71. The number of hydrogen-bond acceptors (Lipinski definition) is 6. The number of likely N-dealkylation sites (N-methyl/N-ethyl adjacent to an activating group) is 1. The third-order valence-corrected chi connectivity index (χ3v) is 7.00. The Hall–Kier alpha value is -2.02. The maximum Gasteiger partial charge on any atom is 0.208 e. The number of aromatic hydroxyl groups is 1. The first-order valence-corrected chi connectivity index (χ1v) is 9.11. The minimum absolute atomic E-state index is 0.0832. The Morgan fingerprint density at radius 3 is 2.69 bits per heavy atom. The van der Waals surface area contributed by atoms with Crippen LogP contribution in [0.2, 0.25) is 0 Å². The molecule has 1 aromatic carbocycles. The van der Waals surface area contributed by atoms with E-state index in [0.717, 1.165) is 28.7 Å². The Bertz CT molecular complexity index is 767. The van der Waals surface area contributed by atoms with Crippen molar-refractivity contribution in [2.75, 3.05) is 21.3 Å². The first-order valence-electron chi connectivity index (χ1n) is 9.11. The van der Waals surface area contributed by atoms with E-state index in [1.807, 2.05) is 6.07 Å². The van der Waals surface area contributed by atoms with E-state index in [2.05, 4.69) is 5.18 Å². The fourth-order valence-electron chi connectivity index (χ4n) is 6.05. The van der Waals surface area contributed by atoms with Gasteiger partial charge >= 0.3 is 0 Å². The topological polar surface area (TPSA) is 88.2 Å². The zero-order valence-corrected chi connectivity index (χ0v) is 15.3. The highest BCUT2D eigenvalue weighted by molar-refractivity contribution is 5.57. The molecule has 2 bridgehead atoms. The van der Waals surface area contributed by atoms with Crippen molar-refractivity contribution in [2.24, 2.45) is 17.0 Å². The minimum atomic E-state index is -0.482. The zero-order chi connectivity index (χ0) is 18.6. The maximum absolute atomic E-state index is 12.4. The summed E-state index contributed by atoms with van der Waals surface area (Å²) in [6.07, 6.45) is 2.41. The third kappa shape index (κ3) is 2.16. The van der Waals surface area contributed by atoms with Crippen LogP contribution in [0.5, 0.6) is 11.5 Å². The molecule has 0 radical (unpaired) electrons. The molecule has 0 amide bonds. The van der Waals surface area contributed by atoms with E-state index in [9.17, 15) is 14.9 Å². The molecule has 0 aliphatic heterocycles. The standard InChI is InChI=1S/C19H24N2O5/c1-21(24)13-6-10-4-5-14(25-2)18(22)17(10)19-8-11(16(13)19)7-15(26-3)12(9-19)20-23/h4-5,11-13,15-16H,6-9H2,1-3H3/p+1/t11?,12-,13?,15-,16?,19?/m1/s1. The van der Waals surface area contributed by atoms with Crippen LogP contribution >= 0.6 is 0 Å². The van der Waals surface area contributed by atoms with Gasteiger partial charge in [0.15, 0.2) is 18.5 Å². The van der Waals surface area contributed by atoms with Crippen LogP contribution in [-0.2, 0) is 16.6 Å². The van der Waals surface area contributed by atoms with Gasteiger partial charge < -0.3 is 14.6 Å². The minimum Gasteiger partial charge on any atom is -0.504 e. The first-order chi connectivity index (χ1) is 12.5. The summed E-state index contributed by atoms with van der Waals surface area (Å²) >= 11 is 0. The number of nitrogens with zero attached hydrogens (tertiary/aromatic N) is 2. The molecule has 1 aromatic rings. The predicted molar refractivity (Wildman–Crippen MR) is 94.6 cm³/mol. The van der Waals surface area contributed by atoms with Crippen molar-refractivity contribution in [3.05, 3.63) is 33.1 Å². The average Bonchev–Trinajstić information content (AvgIpc) is 2.86. The lowest BCUT2D eigenvalue weighted by Gasteiger charge is -2.57. The number of fused-ring (bicyclic) bond motifs is 3. The van der Waals surface area contributed by atoms with Crippen LogP contribution in [0.15, 0.2) is 17.3 Å². The molecule has 3 aliphatic rings. The smallest absolute Gasteiger partial charge is 0.208 e. The zero-order valence-electron chi connectivity index (χ0n) is 15.3. The van der Waals surface area contributed by atoms with Gasteiger partial charge in [0, 0.05) is 35.3 Å². The van der Waals surface area contributed by atoms with Crippen molar-refractivity contribution in [1.29, 1.82) is 0 Å². The maximum atomic E-state index is 12.4. The molecule has 2 saturated carbocycles. The Morgan fingerprint density at radius 1 is 1.31 bits per heavy atom. The lowest BCUT2D eigenvalue weighted by Crippen LogP contribution is -2.61. The second kappa shape index (κ2) is 6.01. The highest BCUT2D eigenvalue weighted by Gasteiger charge is 2.67. The largest absolute Gasteiger partial charge is 0.504 e. The highest BCUT2D eigenvalue weighted by atomic mass is 16.5. The van der Waals surface area contributed by atoms with Gasteiger partial charge in [0.1, 0.15) is 6.04 Å². The number of phenolic OH excluding ortho intramolecular Hbond substituents is 1. The molecule has 7 heteroatoms. The molecule has 4 rings (SSSR count). The lowest BCUT2D eigenvalue weighted by atomic mass is 9.44. The lowest BCUT2D eigenvalue weighted by molar-refractivity contribution is -0.577. The molecule has 0 heterocycles. The summed E-state index contributed by atoms with van der Waals surface area (Å²) < 4.78 is 11.9. The molecular weight excluding hydrogens is 336 g/mol. The van der Waals surface area contributed by atoms with Gasteiger partial charge in [-0.2, -0.15) is 4.91 Å². The number of nitroso groups, excluding NO2 is 2. The van der Waals surface area contributed by atoms with Gasteiger partial charge in [-0.15, -0.1) is 0 Å². The fraction of sp³-hybridized carbons (Fsp3) is 0.684. The summed E-state index contributed by atoms with van der Waals surface area (Å²) in [6.45, 7) is 0. The highest BCUT2D eigenvalue weighted by Crippen LogP contribution is 2.66. The van der Waals surface area contributed by atoms with Crippen LogP contribution < -0.4 is 4.74 Å². The molecule has 1 N–H and O–H groups in total. The second-order valence-electron chi connectivity index (χ2n) is 8.00. The third-order valence-electron chi connectivity index (χ3n) is 7.00. The van der Waals surface area contributed by atoms with Crippen LogP contribution in [0.3, 0.4) is 0 Å². The molecule has 7 nitrogen and oxygen atoms in total. The van der Waals surface area contributed by atoms with Crippen LogP contribution in [-0.4, -0.2) is 49.3 Å². The first kappa shape index (κ1) is 17.4. The fourth-order valence-corrected chi connectivity index (χ4v) is 6.05. The molecule has 4 unspecified atom stereocenters. The molecule has 1 spiro atoms. The molecule has 140 valence electrons. The number of methoxy groups -OCH3 is 2. The second-order valence-corrected chi connectivity index (χ2v) is 8.00. The molecule has 0 saturated heterocycles. The molecule has 3 aliphatic carbocycles. The van der Waals surface area contributed by atoms with Gasteiger partial charge in [0.2, 0.25) is 6.04 Å².